The summed E-state index contributed by atoms with van der Waals surface area (Å²) < 4.78 is 26.1. The quantitative estimate of drug-likeness (QED) is 0.152. The molecular weight excluding hydrogens is 869 g/mol. The van der Waals surface area contributed by atoms with E-state index in [0.717, 1.165) is 38.8 Å². The molecule has 0 amide bonds. The van der Waals surface area contributed by atoms with Gasteiger partial charge in [-0.05, 0) is 11.1 Å². The Morgan fingerprint density at radius 1 is 0.619 bits per heavy atom. The van der Waals surface area contributed by atoms with Gasteiger partial charge in [0.1, 0.15) is 6.29 Å². The minimum atomic E-state index is -2.75. The zero-order valence-electron chi connectivity index (χ0n) is 39.0. The molecule has 0 atom stereocenters. The van der Waals surface area contributed by atoms with E-state index in [-0.39, 0.29) is 37.0 Å². The van der Waals surface area contributed by atoms with E-state index in [4.69, 9.17) is 0 Å². The van der Waals surface area contributed by atoms with E-state index >= 15 is 0 Å². The smallest absolute Gasteiger partial charge is 0.793 e. The number of sulfone groups is 1. The second kappa shape index (κ2) is 50.3. The zero-order chi connectivity index (χ0) is 46.6. The van der Waals surface area contributed by atoms with Gasteiger partial charge >= 0.3 is 41.5 Å². The summed E-state index contributed by atoms with van der Waals surface area (Å²) in [5, 5.41) is 3.26. The maximum Gasteiger partial charge on any atom is 1.00 e. The summed E-state index contributed by atoms with van der Waals surface area (Å²) in [5.74, 6) is 4.07. The second-order valence-electron chi connectivity index (χ2n) is 11.9. The van der Waals surface area contributed by atoms with Crippen LogP contribution in [0.5, 0.6) is 0 Å². The van der Waals surface area contributed by atoms with Crippen LogP contribution in [0.25, 0.3) is 0 Å². The van der Waals surface area contributed by atoms with Crippen LogP contribution in [-0.4, -0.2) is 124 Å². The van der Waals surface area contributed by atoms with Crippen LogP contribution in [0.4, 0.5) is 0 Å². The second-order valence-corrected chi connectivity index (χ2v) is 16.7. The molecule has 3 aliphatic rings. The van der Waals surface area contributed by atoms with E-state index in [2.05, 4.69) is 91.8 Å². The van der Waals surface area contributed by atoms with Crippen LogP contribution < -0.4 is 34.9 Å². The van der Waals surface area contributed by atoms with Crippen LogP contribution in [0.3, 0.4) is 0 Å². The molecule has 63 heavy (non-hydrogen) atoms. The van der Waals surface area contributed by atoms with Crippen molar-refractivity contribution in [3.63, 3.8) is 0 Å². The van der Waals surface area contributed by atoms with Crippen LogP contribution in [-0.2, 0) is 51.7 Å². The summed E-state index contributed by atoms with van der Waals surface area (Å²) >= 11 is 4.10. The number of nitrogens with one attached hydrogen (secondary N) is 1. The number of benzene rings is 3. The molecule has 3 aromatic carbocycles. The molecule has 351 valence electrons. The van der Waals surface area contributed by atoms with Crippen LogP contribution >= 0.6 is 23.5 Å². The van der Waals surface area contributed by atoms with Crippen molar-refractivity contribution < 1.29 is 71.6 Å². The molecule has 3 aliphatic heterocycles. The number of carbonyl (C=O) groups is 4. The SMILES string of the molecule is C.C1CSCCN1.CC.CC.CC.CC(=O)OOC(C)=O.O=Cc1ccccc1.O=S1(=O)CCN(Cc2ccccc2)CC1.[B-]OC(C)=O.[Na+].c1ccc(CN2CCSCC2)cc1. The van der Waals surface area contributed by atoms with E-state index < -0.39 is 27.7 Å². The van der Waals surface area contributed by atoms with Crippen molar-refractivity contribution in [2.75, 3.05) is 73.8 Å². The van der Waals surface area contributed by atoms with E-state index in [0.29, 0.717) is 24.6 Å². The minimum Gasteiger partial charge on any atom is -0.793 e. The summed E-state index contributed by atoms with van der Waals surface area (Å²) in [6, 6.07) is 30.0. The Balaban J connectivity index is -0.000000214. The standard InChI is InChI=1S/C11H15NO2S.C11H15NS.C7H6O.C4H9NS.C4H6O4.C2H3BO2.3C2H6.CH4.Na/c13-15(14)8-6-12(7-9-15)10-11-4-2-1-3-5-11;1-2-4-11(5-3-1)10-12-6-8-13-9-7-12;8-6-7-4-2-1-3-5-7;1-3-6-4-2-5-1;1-3(5)7-8-4(2)6;1-2(4)5-3;3*1-2;;/h1-5H,6-10H2;1-5H,6-10H2;1-6H;5H,1-4H2;1-2H3;1H3;3*1-2H3;1H4;/q;;;;;-1;;;;;+1. The van der Waals surface area contributed by atoms with Gasteiger partial charge in [-0.3, -0.25) is 19.4 Å². The van der Waals surface area contributed by atoms with Gasteiger partial charge in [0, 0.05) is 102 Å². The first-order chi connectivity index (χ1) is 29.4. The number of hydrogen-bond acceptors (Lipinski definition) is 14. The summed E-state index contributed by atoms with van der Waals surface area (Å²) in [5.41, 5.74) is 3.42. The summed E-state index contributed by atoms with van der Waals surface area (Å²) in [7, 11) is 1.57. The Morgan fingerprint density at radius 2 is 0.952 bits per heavy atom. The summed E-state index contributed by atoms with van der Waals surface area (Å²) in [6.07, 6.45) is 0.833. The van der Waals surface area contributed by atoms with Crippen molar-refractivity contribution in [1.29, 1.82) is 0 Å². The number of aldehydes is 1. The Bertz CT molecular complexity index is 1540. The average Bonchev–Trinajstić information content (AvgIpc) is 3.31. The minimum absolute atomic E-state index is 0. The predicted octanol–water partition coefficient (Wildman–Crippen LogP) is 5.35. The van der Waals surface area contributed by atoms with Crippen molar-refractivity contribution in [3.05, 3.63) is 108 Å². The largest absolute Gasteiger partial charge is 1.00 e. The van der Waals surface area contributed by atoms with Crippen LogP contribution in [0.1, 0.15) is 91.2 Å². The normalized spacial score (nSPS) is 14.1. The molecule has 3 heterocycles. The maximum atomic E-state index is 11.2. The van der Waals surface area contributed by atoms with Crippen LogP contribution in [0.15, 0.2) is 91.0 Å². The molecule has 3 fully saturated rings. The van der Waals surface area contributed by atoms with Gasteiger partial charge in [-0.25, -0.2) is 27.8 Å². The molecule has 12 nitrogen and oxygen atoms in total. The van der Waals surface area contributed by atoms with Crippen molar-refractivity contribution in [1.82, 2.24) is 15.1 Å². The first-order valence-corrected chi connectivity index (χ1v) is 24.9. The van der Waals surface area contributed by atoms with Gasteiger partial charge in [0.15, 0.2) is 9.84 Å². The zero-order valence-corrected chi connectivity index (χ0v) is 43.5. The average molecular weight is 945 g/mol. The monoisotopic (exact) mass is 944 g/mol. The van der Waals surface area contributed by atoms with Gasteiger partial charge < -0.3 is 18.0 Å². The fourth-order valence-electron chi connectivity index (χ4n) is 4.52. The maximum absolute atomic E-state index is 11.2. The molecule has 6 rings (SSSR count). The summed E-state index contributed by atoms with van der Waals surface area (Å²) in [4.78, 5) is 51.5. The molecule has 0 aromatic heterocycles. The van der Waals surface area contributed by atoms with E-state index in [1.54, 1.807) is 12.1 Å². The third-order valence-electron chi connectivity index (χ3n) is 7.26. The number of rotatable bonds is 5. The Kier molecular flexibility index (Phi) is 55.4. The molecule has 0 aliphatic carbocycles. The number of thioether (sulfide) groups is 2. The third kappa shape index (κ3) is 47.1. The number of nitrogens with zero attached hydrogens (tertiary/aromatic N) is 2. The van der Waals surface area contributed by atoms with Gasteiger partial charge in [-0.15, -0.1) is 0 Å². The van der Waals surface area contributed by atoms with Gasteiger partial charge in [0.25, 0.3) is 0 Å². The fourth-order valence-corrected chi connectivity index (χ4v) is 7.55. The molecule has 17 heteroatoms. The molecule has 0 unspecified atom stereocenters. The first kappa shape index (κ1) is 69.4. The first-order valence-electron chi connectivity index (χ1n) is 20.8. The van der Waals surface area contributed by atoms with Crippen molar-refractivity contribution in [3.8, 4) is 0 Å². The van der Waals surface area contributed by atoms with Gasteiger partial charge in [-0.2, -0.15) is 23.5 Å². The Hall–Kier alpha value is -2.67. The third-order valence-corrected chi connectivity index (χ3v) is 10.8. The molecule has 3 radical (unpaired) electrons. The van der Waals surface area contributed by atoms with Gasteiger partial charge in [-0.1, -0.05) is 140 Å². The molecule has 0 bridgehead atoms. The van der Waals surface area contributed by atoms with Crippen molar-refractivity contribution >= 4 is 65.6 Å². The number of hydrogen-bond donors (Lipinski definition) is 1. The van der Waals surface area contributed by atoms with Crippen LogP contribution in [0.2, 0.25) is 0 Å². The topological polar surface area (TPSA) is 149 Å². The molecule has 3 saturated heterocycles. The fraction of sp³-hybridized carbons (Fsp3) is 0.522. The Morgan fingerprint density at radius 3 is 1.22 bits per heavy atom. The molecule has 3 aromatic rings. The summed E-state index contributed by atoms with van der Waals surface area (Å²) in [6.45, 7) is 23.8. The predicted molar refractivity (Wildman–Crippen MR) is 263 cm³/mol. The van der Waals surface area contributed by atoms with Crippen LogP contribution in [0, 0.1) is 0 Å². The van der Waals surface area contributed by atoms with Crippen molar-refractivity contribution in [2.24, 2.45) is 0 Å². The van der Waals surface area contributed by atoms with E-state index in [1.165, 1.54) is 67.2 Å². The van der Waals surface area contributed by atoms with Crippen molar-refractivity contribution in [2.45, 2.75) is 82.8 Å². The Labute approximate surface area is 413 Å². The van der Waals surface area contributed by atoms with E-state index in [1.807, 2.05) is 89.7 Å². The molecule has 0 spiro atoms. The van der Waals surface area contributed by atoms with Gasteiger partial charge in [0.05, 0.1) is 11.5 Å². The molecule has 1 N–H and O–H groups in total. The number of carbonyl (C=O) groups excluding carboxylic acids is 4. The van der Waals surface area contributed by atoms with E-state index in [9.17, 15) is 27.6 Å². The van der Waals surface area contributed by atoms with Gasteiger partial charge in [0.2, 0.25) is 5.97 Å². The molecular formula is C46H76BN3NaO9S3. The molecule has 0 saturated carbocycles.